The lowest BCUT2D eigenvalue weighted by Crippen LogP contribution is -2.25. The summed E-state index contributed by atoms with van der Waals surface area (Å²) in [5.74, 6) is 0. The number of hydrogen-bond acceptors (Lipinski definition) is 2. The molecule has 0 aromatic heterocycles. The summed E-state index contributed by atoms with van der Waals surface area (Å²) in [5, 5.41) is 0. The van der Waals surface area contributed by atoms with Crippen molar-refractivity contribution in [1.29, 1.82) is 0 Å². The summed E-state index contributed by atoms with van der Waals surface area (Å²) >= 11 is 0. The lowest BCUT2D eigenvalue weighted by Gasteiger charge is -2.22. The molecule has 0 atom stereocenters. The van der Waals surface area contributed by atoms with Gasteiger partial charge in [0.2, 0.25) is 0 Å². The Labute approximate surface area is 128 Å². The summed E-state index contributed by atoms with van der Waals surface area (Å²) in [7, 11) is 0. The number of rotatable bonds is 8. The van der Waals surface area contributed by atoms with Gasteiger partial charge in [0, 0.05) is 13.1 Å². The summed E-state index contributed by atoms with van der Waals surface area (Å²) in [6.07, 6.45) is 2.35. The molecule has 0 bridgehead atoms. The van der Waals surface area contributed by atoms with Crippen molar-refractivity contribution in [2.75, 3.05) is 13.1 Å². The summed E-state index contributed by atoms with van der Waals surface area (Å²) in [6, 6.07) is 19.2. The van der Waals surface area contributed by atoms with E-state index in [1.807, 2.05) is 0 Å². The number of nitrogens with two attached hydrogens (primary N) is 1. The first-order valence-corrected chi connectivity index (χ1v) is 7.86. The highest BCUT2D eigenvalue weighted by Crippen LogP contribution is 2.12. The van der Waals surface area contributed by atoms with E-state index in [2.05, 4.69) is 66.4 Å². The van der Waals surface area contributed by atoms with Gasteiger partial charge in [0.05, 0.1) is 0 Å². The molecule has 0 saturated heterocycles. The molecule has 0 saturated carbocycles. The van der Waals surface area contributed by atoms with E-state index in [1.54, 1.807) is 0 Å². The minimum absolute atomic E-state index is 0.623. The maximum Gasteiger partial charge on any atom is 0.0236 e. The van der Waals surface area contributed by atoms with Gasteiger partial charge in [-0.2, -0.15) is 0 Å². The molecule has 0 spiro atoms. The van der Waals surface area contributed by atoms with Gasteiger partial charge in [-0.3, -0.25) is 4.90 Å². The minimum atomic E-state index is 0.623. The molecule has 0 aliphatic rings. The first-order chi connectivity index (χ1) is 10.3. The normalized spacial score (nSPS) is 11.0. The molecule has 2 nitrogen and oxygen atoms in total. The van der Waals surface area contributed by atoms with E-state index < -0.39 is 0 Å². The SMILES string of the molecule is CCN(CCCc1ccccc1)Cc1ccccc1CN. The Morgan fingerprint density at radius 3 is 2.24 bits per heavy atom. The highest BCUT2D eigenvalue weighted by Gasteiger charge is 2.06. The zero-order valence-electron chi connectivity index (χ0n) is 13.0. The van der Waals surface area contributed by atoms with E-state index in [-0.39, 0.29) is 0 Å². The molecule has 2 rings (SSSR count). The fraction of sp³-hybridized carbons (Fsp3) is 0.368. The fourth-order valence-corrected chi connectivity index (χ4v) is 2.65. The van der Waals surface area contributed by atoms with E-state index in [4.69, 9.17) is 5.73 Å². The molecule has 112 valence electrons. The van der Waals surface area contributed by atoms with Crippen molar-refractivity contribution in [2.24, 2.45) is 5.73 Å². The third-order valence-electron chi connectivity index (χ3n) is 3.96. The summed E-state index contributed by atoms with van der Waals surface area (Å²) in [6.45, 7) is 6.06. The van der Waals surface area contributed by atoms with Crippen LogP contribution in [0.1, 0.15) is 30.0 Å². The van der Waals surface area contributed by atoms with E-state index in [1.165, 1.54) is 23.1 Å². The zero-order valence-corrected chi connectivity index (χ0v) is 13.0. The van der Waals surface area contributed by atoms with E-state index in [0.29, 0.717) is 6.54 Å². The largest absolute Gasteiger partial charge is 0.326 e. The van der Waals surface area contributed by atoms with Crippen LogP contribution in [-0.4, -0.2) is 18.0 Å². The molecule has 0 aliphatic heterocycles. The molecule has 21 heavy (non-hydrogen) atoms. The van der Waals surface area contributed by atoms with Gasteiger partial charge in [-0.25, -0.2) is 0 Å². The molecule has 0 fully saturated rings. The van der Waals surface area contributed by atoms with Gasteiger partial charge in [0.1, 0.15) is 0 Å². The van der Waals surface area contributed by atoms with Crippen LogP contribution in [-0.2, 0) is 19.5 Å². The highest BCUT2D eigenvalue weighted by atomic mass is 15.1. The lowest BCUT2D eigenvalue weighted by molar-refractivity contribution is 0.275. The second-order valence-corrected chi connectivity index (χ2v) is 5.43. The van der Waals surface area contributed by atoms with Gasteiger partial charge < -0.3 is 5.73 Å². The van der Waals surface area contributed by atoms with E-state index in [9.17, 15) is 0 Å². The van der Waals surface area contributed by atoms with Crippen molar-refractivity contribution < 1.29 is 0 Å². The molecule has 2 heteroatoms. The minimum Gasteiger partial charge on any atom is -0.326 e. The predicted molar refractivity (Wildman–Crippen MR) is 90.0 cm³/mol. The van der Waals surface area contributed by atoms with Gasteiger partial charge in [-0.15, -0.1) is 0 Å². The van der Waals surface area contributed by atoms with Crippen LogP contribution < -0.4 is 5.73 Å². The molecule has 0 amide bonds. The maximum absolute atomic E-state index is 5.83. The van der Waals surface area contributed by atoms with Crippen LogP contribution in [0.4, 0.5) is 0 Å². The Bertz CT molecular complexity index is 522. The van der Waals surface area contributed by atoms with Gasteiger partial charge in [-0.05, 0) is 42.6 Å². The fourth-order valence-electron chi connectivity index (χ4n) is 2.65. The van der Waals surface area contributed by atoms with Crippen molar-refractivity contribution >= 4 is 0 Å². The Morgan fingerprint density at radius 2 is 1.57 bits per heavy atom. The third-order valence-corrected chi connectivity index (χ3v) is 3.96. The van der Waals surface area contributed by atoms with Gasteiger partial charge in [0.15, 0.2) is 0 Å². The molecule has 2 aromatic carbocycles. The maximum atomic E-state index is 5.83. The topological polar surface area (TPSA) is 29.3 Å². The van der Waals surface area contributed by atoms with Gasteiger partial charge in [-0.1, -0.05) is 61.5 Å². The van der Waals surface area contributed by atoms with Crippen LogP contribution >= 0.6 is 0 Å². The van der Waals surface area contributed by atoms with Gasteiger partial charge in [0.25, 0.3) is 0 Å². The standard InChI is InChI=1S/C19H26N2/c1-2-21(14-8-11-17-9-4-3-5-10-17)16-19-13-7-6-12-18(19)15-20/h3-7,9-10,12-13H,2,8,11,14-16,20H2,1H3. The summed E-state index contributed by atoms with van der Waals surface area (Å²) in [5.41, 5.74) is 9.88. The molecule has 0 aliphatic carbocycles. The van der Waals surface area contributed by atoms with Crippen molar-refractivity contribution in [2.45, 2.75) is 32.9 Å². The highest BCUT2D eigenvalue weighted by molar-refractivity contribution is 5.26. The first-order valence-electron chi connectivity index (χ1n) is 7.86. The molecular weight excluding hydrogens is 256 g/mol. The molecule has 0 unspecified atom stereocenters. The molecular formula is C19H26N2. The second-order valence-electron chi connectivity index (χ2n) is 5.43. The average molecular weight is 282 g/mol. The van der Waals surface area contributed by atoms with E-state index in [0.717, 1.165) is 26.1 Å². The zero-order chi connectivity index (χ0) is 14.9. The average Bonchev–Trinajstić information content (AvgIpc) is 2.55. The molecule has 0 radical (unpaired) electrons. The Morgan fingerprint density at radius 1 is 0.905 bits per heavy atom. The first kappa shape index (κ1) is 15.7. The number of nitrogens with zero attached hydrogens (tertiary/aromatic N) is 1. The molecule has 2 N–H and O–H groups in total. The van der Waals surface area contributed by atoms with Crippen molar-refractivity contribution in [3.05, 3.63) is 71.3 Å². The molecule has 0 heterocycles. The number of aryl methyl sites for hydroxylation is 1. The Hall–Kier alpha value is -1.64. The van der Waals surface area contributed by atoms with Gasteiger partial charge >= 0.3 is 0 Å². The Kier molecular flexibility index (Phi) is 6.45. The number of hydrogen-bond donors (Lipinski definition) is 1. The van der Waals surface area contributed by atoms with Crippen LogP contribution in [0.15, 0.2) is 54.6 Å². The van der Waals surface area contributed by atoms with Crippen LogP contribution in [0.25, 0.3) is 0 Å². The van der Waals surface area contributed by atoms with E-state index >= 15 is 0 Å². The van der Waals surface area contributed by atoms with Crippen LogP contribution in [0.2, 0.25) is 0 Å². The second kappa shape index (κ2) is 8.60. The lowest BCUT2D eigenvalue weighted by atomic mass is 10.1. The van der Waals surface area contributed by atoms with Crippen molar-refractivity contribution in [1.82, 2.24) is 4.90 Å². The number of benzene rings is 2. The summed E-state index contributed by atoms with van der Waals surface area (Å²) < 4.78 is 0. The molecule has 2 aromatic rings. The Balaban J connectivity index is 1.85. The quantitative estimate of drug-likeness (QED) is 0.801. The van der Waals surface area contributed by atoms with Crippen molar-refractivity contribution in [3.63, 3.8) is 0 Å². The predicted octanol–water partition coefficient (Wildman–Crippen LogP) is 3.60. The van der Waals surface area contributed by atoms with Crippen LogP contribution in [0.5, 0.6) is 0 Å². The van der Waals surface area contributed by atoms with Crippen molar-refractivity contribution in [3.8, 4) is 0 Å². The summed E-state index contributed by atoms with van der Waals surface area (Å²) in [4.78, 5) is 2.50. The van der Waals surface area contributed by atoms with Crippen LogP contribution in [0, 0.1) is 0 Å². The smallest absolute Gasteiger partial charge is 0.0236 e. The monoisotopic (exact) mass is 282 g/mol. The van der Waals surface area contributed by atoms with Crippen LogP contribution in [0.3, 0.4) is 0 Å². The third kappa shape index (κ3) is 5.00.